The van der Waals surface area contributed by atoms with Crippen LogP contribution in [0.25, 0.3) is 0 Å². The predicted octanol–water partition coefficient (Wildman–Crippen LogP) is 4.30. The van der Waals surface area contributed by atoms with Crippen LogP contribution in [-0.2, 0) is 23.1 Å². The molecule has 4 fully saturated rings. The van der Waals surface area contributed by atoms with Crippen molar-refractivity contribution in [2.75, 3.05) is 0 Å². The van der Waals surface area contributed by atoms with Crippen molar-refractivity contribution in [2.45, 2.75) is 76.0 Å². The third-order valence-electron chi connectivity index (χ3n) is 7.80. The normalized spacial score (nSPS) is 38.4. The van der Waals surface area contributed by atoms with E-state index in [9.17, 15) is 4.79 Å². The van der Waals surface area contributed by atoms with E-state index in [2.05, 4.69) is 18.2 Å². The highest BCUT2D eigenvalue weighted by atomic mass is 16.5. The summed E-state index contributed by atoms with van der Waals surface area (Å²) in [6, 6.07) is 7.34. The standard InChI is InChI=1S/C22H29NO2/c24-20(23-25)13-21-9-15-7-16(10-21)12-22(11-15,14-21)19-6-5-17-3-1-2-4-18(17)8-19/h5-6,8,15-16,25H,1-4,7,9-14H2,(H,23,24)/t15-,16+,21?,22?. The first-order chi connectivity index (χ1) is 12.1. The summed E-state index contributed by atoms with van der Waals surface area (Å²) in [5, 5.41) is 9.05. The number of hydrogen-bond acceptors (Lipinski definition) is 2. The number of rotatable bonds is 3. The van der Waals surface area contributed by atoms with Crippen molar-refractivity contribution in [1.29, 1.82) is 0 Å². The number of carbonyl (C=O) groups is 1. The molecule has 0 aliphatic heterocycles. The molecule has 5 aliphatic rings. The molecule has 4 saturated carbocycles. The van der Waals surface area contributed by atoms with Gasteiger partial charge in [-0.3, -0.25) is 10.0 Å². The Balaban J connectivity index is 1.51. The van der Waals surface area contributed by atoms with E-state index in [-0.39, 0.29) is 16.7 Å². The maximum atomic E-state index is 12.0. The molecular formula is C22H29NO2. The Bertz CT molecular complexity index is 696. The van der Waals surface area contributed by atoms with Crippen LogP contribution < -0.4 is 5.48 Å². The van der Waals surface area contributed by atoms with Crippen molar-refractivity contribution < 1.29 is 10.0 Å². The minimum atomic E-state index is -0.192. The van der Waals surface area contributed by atoms with Crippen LogP contribution in [0.1, 0.15) is 74.5 Å². The number of hydrogen-bond donors (Lipinski definition) is 2. The van der Waals surface area contributed by atoms with Gasteiger partial charge in [0, 0.05) is 6.42 Å². The monoisotopic (exact) mass is 339 g/mol. The summed E-state index contributed by atoms with van der Waals surface area (Å²) in [6.45, 7) is 0. The molecule has 1 aromatic rings. The lowest BCUT2D eigenvalue weighted by Crippen LogP contribution is -2.55. The minimum Gasteiger partial charge on any atom is -0.289 e. The van der Waals surface area contributed by atoms with Gasteiger partial charge in [-0.15, -0.1) is 0 Å². The molecule has 3 heteroatoms. The van der Waals surface area contributed by atoms with Gasteiger partial charge < -0.3 is 0 Å². The maximum absolute atomic E-state index is 12.0. The minimum absolute atomic E-state index is 0.118. The molecule has 134 valence electrons. The predicted molar refractivity (Wildman–Crippen MR) is 96.4 cm³/mol. The molecule has 0 radical (unpaired) electrons. The van der Waals surface area contributed by atoms with E-state index in [1.807, 2.05) is 5.48 Å². The summed E-state index contributed by atoms with van der Waals surface area (Å²) in [7, 11) is 0. The Morgan fingerprint density at radius 2 is 1.80 bits per heavy atom. The SMILES string of the molecule is O=C(CC12C[C@H]3C[C@@H](C1)CC(c1ccc4c(c1)CCCC4)(C3)C2)NO. The zero-order valence-electron chi connectivity index (χ0n) is 15.0. The van der Waals surface area contributed by atoms with Crippen LogP contribution in [0, 0.1) is 17.3 Å². The maximum Gasteiger partial charge on any atom is 0.243 e. The van der Waals surface area contributed by atoms with Crippen LogP contribution in [0.2, 0.25) is 0 Å². The van der Waals surface area contributed by atoms with E-state index in [4.69, 9.17) is 5.21 Å². The zero-order valence-corrected chi connectivity index (χ0v) is 15.0. The molecule has 0 spiro atoms. The fourth-order valence-corrected chi connectivity index (χ4v) is 7.44. The third kappa shape index (κ3) is 2.54. The Labute approximate surface area is 150 Å². The average Bonchev–Trinajstić information content (AvgIpc) is 2.59. The molecule has 5 aliphatic carbocycles. The molecular weight excluding hydrogens is 310 g/mol. The molecule has 4 bridgehead atoms. The van der Waals surface area contributed by atoms with Crippen LogP contribution in [0.5, 0.6) is 0 Å². The largest absolute Gasteiger partial charge is 0.289 e. The van der Waals surface area contributed by atoms with Crippen molar-refractivity contribution in [3.05, 3.63) is 34.9 Å². The van der Waals surface area contributed by atoms with Gasteiger partial charge in [-0.25, -0.2) is 5.48 Å². The fraction of sp³-hybridized carbons (Fsp3) is 0.682. The summed E-state index contributed by atoms with van der Waals surface area (Å²) in [5.74, 6) is 1.34. The highest BCUT2D eigenvalue weighted by molar-refractivity contribution is 5.75. The second-order valence-electron chi connectivity index (χ2n) is 9.64. The molecule has 25 heavy (non-hydrogen) atoms. The van der Waals surface area contributed by atoms with Crippen molar-refractivity contribution >= 4 is 5.91 Å². The summed E-state index contributed by atoms with van der Waals surface area (Å²) >= 11 is 0. The van der Waals surface area contributed by atoms with Gasteiger partial charge in [0.15, 0.2) is 0 Å². The molecule has 6 rings (SSSR count). The smallest absolute Gasteiger partial charge is 0.243 e. The lowest BCUT2D eigenvalue weighted by Gasteiger charge is -2.62. The topological polar surface area (TPSA) is 49.3 Å². The van der Waals surface area contributed by atoms with Gasteiger partial charge in [-0.2, -0.15) is 0 Å². The van der Waals surface area contributed by atoms with Crippen molar-refractivity contribution in [3.8, 4) is 0 Å². The Morgan fingerprint density at radius 3 is 2.52 bits per heavy atom. The first-order valence-corrected chi connectivity index (χ1v) is 10.2. The number of amides is 1. The van der Waals surface area contributed by atoms with E-state index >= 15 is 0 Å². The average molecular weight is 339 g/mol. The number of benzene rings is 1. The number of fused-ring (bicyclic) bond motifs is 1. The summed E-state index contributed by atoms with van der Waals surface area (Å²) in [4.78, 5) is 12.0. The van der Waals surface area contributed by atoms with Gasteiger partial charge in [-0.1, -0.05) is 18.2 Å². The quantitative estimate of drug-likeness (QED) is 0.637. The lowest BCUT2D eigenvalue weighted by molar-refractivity contribution is -0.139. The van der Waals surface area contributed by atoms with E-state index in [1.54, 1.807) is 16.7 Å². The van der Waals surface area contributed by atoms with Crippen LogP contribution in [-0.4, -0.2) is 11.1 Å². The summed E-state index contributed by atoms with van der Waals surface area (Å²) in [6.07, 6.45) is 13.1. The third-order valence-corrected chi connectivity index (χ3v) is 7.80. The molecule has 4 atom stereocenters. The fourth-order valence-electron chi connectivity index (χ4n) is 7.44. The first kappa shape index (κ1) is 15.9. The molecule has 2 unspecified atom stereocenters. The highest BCUT2D eigenvalue weighted by Crippen LogP contribution is 2.66. The van der Waals surface area contributed by atoms with E-state index in [1.165, 1.54) is 57.8 Å². The van der Waals surface area contributed by atoms with E-state index in [0.717, 1.165) is 18.3 Å². The van der Waals surface area contributed by atoms with Gasteiger partial charge in [-0.05, 0) is 104 Å². The van der Waals surface area contributed by atoms with Gasteiger partial charge in [0.2, 0.25) is 5.91 Å². The molecule has 1 amide bonds. The van der Waals surface area contributed by atoms with Crippen molar-refractivity contribution in [3.63, 3.8) is 0 Å². The number of hydroxylamine groups is 1. The first-order valence-electron chi connectivity index (χ1n) is 10.2. The molecule has 0 heterocycles. The van der Waals surface area contributed by atoms with E-state index in [0.29, 0.717) is 6.42 Å². The number of nitrogens with one attached hydrogen (secondary N) is 1. The Kier molecular flexibility index (Phi) is 3.54. The number of aryl methyl sites for hydroxylation is 2. The molecule has 3 nitrogen and oxygen atoms in total. The second kappa shape index (κ2) is 5.57. The molecule has 2 N–H and O–H groups in total. The van der Waals surface area contributed by atoms with E-state index < -0.39 is 0 Å². The molecule has 0 saturated heterocycles. The van der Waals surface area contributed by atoms with Crippen LogP contribution in [0.15, 0.2) is 18.2 Å². The van der Waals surface area contributed by atoms with Crippen molar-refractivity contribution in [2.24, 2.45) is 17.3 Å². The zero-order chi connectivity index (χ0) is 17.1. The Hall–Kier alpha value is -1.35. The van der Waals surface area contributed by atoms with Crippen molar-refractivity contribution in [1.82, 2.24) is 5.48 Å². The van der Waals surface area contributed by atoms with Crippen LogP contribution >= 0.6 is 0 Å². The summed E-state index contributed by atoms with van der Waals surface area (Å²) < 4.78 is 0. The Morgan fingerprint density at radius 1 is 1.08 bits per heavy atom. The van der Waals surface area contributed by atoms with Gasteiger partial charge in [0.1, 0.15) is 0 Å². The van der Waals surface area contributed by atoms with Crippen LogP contribution in [0.4, 0.5) is 0 Å². The van der Waals surface area contributed by atoms with Crippen LogP contribution in [0.3, 0.4) is 0 Å². The number of carbonyl (C=O) groups excluding carboxylic acids is 1. The second-order valence-corrected chi connectivity index (χ2v) is 9.64. The van der Waals surface area contributed by atoms with Gasteiger partial charge in [0.05, 0.1) is 0 Å². The lowest BCUT2D eigenvalue weighted by atomic mass is 9.42. The summed E-state index contributed by atoms with van der Waals surface area (Å²) in [5.41, 5.74) is 7.00. The highest BCUT2D eigenvalue weighted by Gasteiger charge is 2.58. The van der Waals surface area contributed by atoms with Gasteiger partial charge in [0.25, 0.3) is 0 Å². The molecule has 1 aromatic carbocycles. The molecule has 0 aromatic heterocycles. The van der Waals surface area contributed by atoms with Gasteiger partial charge >= 0.3 is 0 Å².